The predicted octanol–water partition coefficient (Wildman–Crippen LogP) is 1.92. The van der Waals surface area contributed by atoms with Crippen molar-refractivity contribution in [2.24, 2.45) is 0 Å². The lowest BCUT2D eigenvalue weighted by atomic mass is 10.1. The van der Waals surface area contributed by atoms with E-state index in [-0.39, 0.29) is 10.9 Å². The number of hydrogen-bond donors (Lipinski definition) is 1. The van der Waals surface area contributed by atoms with Crippen LogP contribution >= 0.6 is 15.9 Å². The molecule has 0 aliphatic rings. The van der Waals surface area contributed by atoms with Crippen LogP contribution in [0.4, 0.5) is 4.39 Å². The van der Waals surface area contributed by atoms with Crippen molar-refractivity contribution in [3.8, 4) is 0 Å². The van der Waals surface area contributed by atoms with Crippen LogP contribution in [-0.2, 0) is 16.3 Å². The molecule has 0 spiro atoms. The van der Waals surface area contributed by atoms with E-state index in [4.69, 9.17) is 0 Å². The lowest BCUT2D eigenvalue weighted by Crippen LogP contribution is -2.32. The average Bonchev–Trinajstić information content (AvgIpc) is 2.22. The first-order valence-corrected chi connectivity index (χ1v) is 7.78. The second kappa shape index (κ2) is 5.46. The molecule has 1 N–H and O–H groups in total. The molecule has 1 aromatic carbocycles. The van der Waals surface area contributed by atoms with Crippen molar-refractivity contribution in [2.45, 2.75) is 24.7 Å². The van der Waals surface area contributed by atoms with Gasteiger partial charge in [-0.1, -0.05) is 12.1 Å². The minimum absolute atomic E-state index is 0.0899. The van der Waals surface area contributed by atoms with Crippen LogP contribution in [0.25, 0.3) is 0 Å². The normalized spacial score (nSPS) is 15.6. The lowest BCUT2D eigenvalue weighted by Gasteiger charge is -2.17. The summed E-state index contributed by atoms with van der Waals surface area (Å²) in [5.74, 6) is -0.429. The minimum Gasteiger partial charge on any atom is -0.391 e. The molecule has 3 nitrogen and oxygen atoms in total. The van der Waals surface area contributed by atoms with Crippen molar-refractivity contribution < 1.29 is 17.9 Å². The average molecular weight is 325 g/mol. The fourth-order valence-corrected chi connectivity index (χ4v) is 2.48. The van der Waals surface area contributed by atoms with Gasteiger partial charge in [0.2, 0.25) is 0 Å². The van der Waals surface area contributed by atoms with Crippen molar-refractivity contribution in [2.75, 3.05) is 6.26 Å². The standard InChI is InChI=1S/C11H14BrFO3S/c1-7(17(2,15)16)10(14)6-8-4-3-5-9(13)11(8)12/h3-5,7,10,14H,6H2,1-2H3. The molecule has 0 saturated heterocycles. The highest BCUT2D eigenvalue weighted by Crippen LogP contribution is 2.23. The number of benzene rings is 1. The van der Waals surface area contributed by atoms with Gasteiger partial charge in [-0.3, -0.25) is 0 Å². The molecule has 0 bridgehead atoms. The first kappa shape index (κ1) is 14.6. The number of aliphatic hydroxyl groups is 1. The maximum atomic E-state index is 13.2. The first-order chi connectivity index (χ1) is 7.73. The van der Waals surface area contributed by atoms with Gasteiger partial charge in [-0.2, -0.15) is 0 Å². The highest BCUT2D eigenvalue weighted by molar-refractivity contribution is 9.10. The van der Waals surface area contributed by atoms with E-state index in [1.807, 2.05) is 0 Å². The zero-order valence-electron chi connectivity index (χ0n) is 9.52. The Hall–Kier alpha value is -0.460. The van der Waals surface area contributed by atoms with Gasteiger partial charge in [0, 0.05) is 12.7 Å². The Morgan fingerprint density at radius 2 is 2.06 bits per heavy atom. The van der Waals surface area contributed by atoms with Crippen LogP contribution < -0.4 is 0 Å². The molecule has 0 aliphatic carbocycles. The maximum absolute atomic E-state index is 13.2. The summed E-state index contributed by atoms with van der Waals surface area (Å²) >= 11 is 3.07. The van der Waals surface area contributed by atoms with Gasteiger partial charge in [0.15, 0.2) is 9.84 Å². The monoisotopic (exact) mass is 324 g/mol. The zero-order chi connectivity index (χ0) is 13.2. The number of hydrogen-bond acceptors (Lipinski definition) is 3. The summed E-state index contributed by atoms with van der Waals surface area (Å²) < 4.78 is 36.0. The largest absolute Gasteiger partial charge is 0.391 e. The van der Waals surface area contributed by atoms with Crippen molar-refractivity contribution in [3.63, 3.8) is 0 Å². The van der Waals surface area contributed by atoms with E-state index in [0.717, 1.165) is 6.26 Å². The highest BCUT2D eigenvalue weighted by Gasteiger charge is 2.25. The highest BCUT2D eigenvalue weighted by atomic mass is 79.9. The third-order valence-electron chi connectivity index (χ3n) is 2.68. The summed E-state index contributed by atoms with van der Waals surface area (Å²) in [6, 6.07) is 4.46. The van der Waals surface area contributed by atoms with Gasteiger partial charge in [0.1, 0.15) is 5.82 Å². The smallest absolute Gasteiger partial charge is 0.152 e. The molecule has 2 atom stereocenters. The van der Waals surface area contributed by atoms with Gasteiger partial charge < -0.3 is 5.11 Å². The summed E-state index contributed by atoms with van der Waals surface area (Å²) in [6.07, 6.45) is 0.108. The van der Waals surface area contributed by atoms with Crippen LogP contribution in [0.1, 0.15) is 12.5 Å². The second-order valence-corrected chi connectivity index (χ2v) is 7.21. The second-order valence-electron chi connectivity index (χ2n) is 4.02. The van der Waals surface area contributed by atoms with Crippen LogP contribution in [0.2, 0.25) is 0 Å². The van der Waals surface area contributed by atoms with Crippen molar-refractivity contribution in [1.29, 1.82) is 0 Å². The molecular weight excluding hydrogens is 311 g/mol. The Balaban J connectivity index is 2.89. The Morgan fingerprint density at radius 3 is 2.59 bits per heavy atom. The van der Waals surface area contributed by atoms with Crippen LogP contribution in [0.5, 0.6) is 0 Å². The van der Waals surface area contributed by atoms with E-state index >= 15 is 0 Å². The summed E-state index contributed by atoms with van der Waals surface area (Å²) in [6.45, 7) is 1.44. The van der Waals surface area contributed by atoms with E-state index in [2.05, 4.69) is 15.9 Å². The van der Waals surface area contributed by atoms with Gasteiger partial charge in [0.25, 0.3) is 0 Å². The molecule has 0 aliphatic heterocycles. The van der Waals surface area contributed by atoms with Crippen LogP contribution in [0.15, 0.2) is 22.7 Å². The van der Waals surface area contributed by atoms with Crippen molar-refractivity contribution in [3.05, 3.63) is 34.1 Å². The Morgan fingerprint density at radius 1 is 1.47 bits per heavy atom. The summed E-state index contributed by atoms with van der Waals surface area (Å²) in [7, 11) is -3.30. The van der Waals surface area contributed by atoms with Crippen molar-refractivity contribution in [1.82, 2.24) is 0 Å². The van der Waals surface area contributed by atoms with Crippen LogP contribution in [0, 0.1) is 5.82 Å². The zero-order valence-corrected chi connectivity index (χ0v) is 11.9. The maximum Gasteiger partial charge on any atom is 0.152 e. The van der Waals surface area contributed by atoms with Crippen LogP contribution in [-0.4, -0.2) is 31.1 Å². The third-order valence-corrected chi connectivity index (χ3v) is 5.23. The number of halogens is 2. The van der Waals surface area contributed by atoms with E-state index in [0.29, 0.717) is 5.56 Å². The quantitative estimate of drug-likeness (QED) is 0.920. The van der Waals surface area contributed by atoms with E-state index in [1.54, 1.807) is 6.07 Å². The van der Waals surface area contributed by atoms with Gasteiger partial charge in [-0.05, 0) is 34.5 Å². The van der Waals surface area contributed by atoms with Gasteiger partial charge in [-0.15, -0.1) is 0 Å². The molecule has 2 unspecified atom stereocenters. The molecule has 0 aromatic heterocycles. The summed E-state index contributed by atoms with van der Waals surface area (Å²) in [4.78, 5) is 0. The fourth-order valence-electron chi connectivity index (χ4n) is 1.38. The summed E-state index contributed by atoms with van der Waals surface area (Å²) in [5.41, 5.74) is 0.549. The molecule has 17 heavy (non-hydrogen) atoms. The SMILES string of the molecule is CC(C(O)Cc1cccc(F)c1Br)S(C)(=O)=O. The molecule has 0 saturated carbocycles. The van der Waals surface area contributed by atoms with E-state index in [9.17, 15) is 17.9 Å². The molecule has 1 rings (SSSR count). The molecular formula is C11H14BrFO3S. The fraction of sp³-hybridized carbons (Fsp3) is 0.455. The van der Waals surface area contributed by atoms with Gasteiger partial charge in [-0.25, -0.2) is 12.8 Å². The predicted molar refractivity (Wildman–Crippen MR) is 68.1 cm³/mol. The van der Waals surface area contributed by atoms with Gasteiger partial charge in [0.05, 0.1) is 15.8 Å². The molecule has 0 amide bonds. The minimum atomic E-state index is -3.30. The van der Waals surface area contributed by atoms with Crippen LogP contribution in [0.3, 0.4) is 0 Å². The molecule has 6 heteroatoms. The van der Waals surface area contributed by atoms with Crippen molar-refractivity contribution >= 4 is 25.8 Å². The molecule has 0 fully saturated rings. The molecule has 1 aromatic rings. The Labute approximate surface area is 109 Å². The Bertz CT molecular complexity index is 501. The third kappa shape index (κ3) is 3.76. The topological polar surface area (TPSA) is 54.4 Å². The number of aliphatic hydroxyl groups excluding tert-OH is 1. The lowest BCUT2D eigenvalue weighted by molar-refractivity contribution is 0.173. The van der Waals surface area contributed by atoms with E-state index in [1.165, 1.54) is 19.1 Å². The molecule has 0 heterocycles. The Kier molecular flexibility index (Phi) is 4.69. The first-order valence-electron chi connectivity index (χ1n) is 5.03. The molecule has 96 valence electrons. The number of sulfone groups is 1. The number of rotatable bonds is 4. The molecule has 0 radical (unpaired) electrons. The van der Waals surface area contributed by atoms with E-state index < -0.39 is 27.0 Å². The van der Waals surface area contributed by atoms with Gasteiger partial charge >= 0.3 is 0 Å². The summed E-state index contributed by atoms with van der Waals surface area (Å²) in [5, 5.41) is 8.92.